The first-order valence-electron chi connectivity index (χ1n) is 8.33. The number of hydrogen-bond donors (Lipinski definition) is 1. The van der Waals surface area contributed by atoms with Crippen LogP contribution in [0.25, 0.3) is 0 Å². The molecule has 1 aromatic heterocycles. The minimum absolute atomic E-state index is 0.0734. The lowest BCUT2D eigenvalue weighted by atomic mass is 10.1. The minimum Gasteiger partial charge on any atom is -0.497 e. The van der Waals surface area contributed by atoms with E-state index in [1.54, 1.807) is 19.2 Å². The number of carbonyl (C=O) groups is 1. The third-order valence-corrected chi connectivity index (χ3v) is 4.03. The molecule has 1 aliphatic rings. The zero-order valence-corrected chi connectivity index (χ0v) is 14.6. The van der Waals surface area contributed by atoms with Crippen molar-refractivity contribution in [3.8, 4) is 17.2 Å². The van der Waals surface area contributed by atoms with E-state index in [1.807, 2.05) is 30.3 Å². The van der Waals surface area contributed by atoms with Crippen molar-refractivity contribution in [2.45, 2.75) is 12.8 Å². The molecule has 2 heterocycles. The topological polar surface area (TPSA) is 95.7 Å². The summed E-state index contributed by atoms with van der Waals surface area (Å²) in [5.41, 5.74) is 1.80. The van der Waals surface area contributed by atoms with Crippen LogP contribution in [0.15, 0.2) is 46.9 Å². The summed E-state index contributed by atoms with van der Waals surface area (Å²) >= 11 is 0. The molecule has 3 aromatic rings. The lowest BCUT2D eigenvalue weighted by Gasteiger charge is -2.03. The predicted molar refractivity (Wildman–Crippen MR) is 95.0 cm³/mol. The molecule has 8 nitrogen and oxygen atoms in total. The van der Waals surface area contributed by atoms with Crippen LogP contribution in [-0.4, -0.2) is 30.0 Å². The molecule has 0 unspecified atom stereocenters. The van der Waals surface area contributed by atoms with E-state index in [4.69, 9.17) is 18.6 Å². The van der Waals surface area contributed by atoms with E-state index in [2.05, 4.69) is 15.5 Å². The lowest BCUT2D eigenvalue weighted by Crippen LogP contribution is -2.14. The number of benzene rings is 2. The van der Waals surface area contributed by atoms with E-state index in [0.717, 1.165) is 16.9 Å². The zero-order chi connectivity index (χ0) is 18.6. The summed E-state index contributed by atoms with van der Waals surface area (Å²) in [7, 11) is 1.62. The van der Waals surface area contributed by atoms with Gasteiger partial charge in [0.2, 0.25) is 18.6 Å². The van der Waals surface area contributed by atoms with Gasteiger partial charge in [0.25, 0.3) is 0 Å². The van der Waals surface area contributed by atoms with E-state index in [1.165, 1.54) is 0 Å². The number of nitrogens with zero attached hydrogens (tertiary/aromatic N) is 2. The number of fused-ring (bicyclic) bond motifs is 1. The van der Waals surface area contributed by atoms with E-state index >= 15 is 0 Å². The third kappa shape index (κ3) is 4.00. The first-order chi connectivity index (χ1) is 13.2. The highest BCUT2D eigenvalue weighted by molar-refractivity contribution is 5.90. The Hall–Kier alpha value is -3.55. The van der Waals surface area contributed by atoms with Gasteiger partial charge >= 0.3 is 6.01 Å². The minimum atomic E-state index is -0.256. The molecule has 138 valence electrons. The van der Waals surface area contributed by atoms with Gasteiger partial charge in [0, 0.05) is 0 Å². The van der Waals surface area contributed by atoms with Crippen LogP contribution in [0.3, 0.4) is 0 Å². The maximum Gasteiger partial charge on any atom is 0.322 e. The van der Waals surface area contributed by atoms with Gasteiger partial charge in [-0.05, 0) is 35.4 Å². The summed E-state index contributed by atoms with van der Waals surface area (Å²) < 4.78 is 21.2. The van der Waals surface area contributed by atoms with E-state index in [0.29, 0.717) is 23.8 Å². The van der Waals surface area contributed by atoms with Gasteiger partial charge in [-0.2, -0.15) is 0 Å². The number of hydrogen-bond acceptors (Lipinski definition) is 7. The maximum atomic E-state index is 12.2. The van der Waals surface area contributed by atoms with Crippen LogP contribution in [0.1, 0.15) is 17.0 Å². The van der Waals surface area contributed by atoms with Crippen LogP contribution < -0.4 is 19.5 Å². The Bertz CT molecular complexity index is 952. The van der Waals surface area contributed by atoms with E-state index in [9.17, 15) is 4.79 Å². The smallest absolute Gasteiger partial charge is 0.322 e. The van der Waals surface area contributed by atoms with Crippen molar-refractivity contribution >= 4 is 11.9 Å². The number of methoxy groups -OCH3 is 1. The van der Waals surface area contributed by atoms with Gasteiger partial charge in [-0.3, -0.25) is 10.1 Å². The molecule has 2 aromatic carbocycles. The molecule has 0 saturated carbocycles. The van der Waals surface area contributed by atoms with Crippen molar-refractivity contribution in [1.82, 2.24) is 10.2 Å². The number of nitrogens with one attached hydrogen (secondary N) is 1. The fraction of sp³-hybridized carbons (Fsp3) is 0.211. The monoisotopic (exact) mass is 367 g/mol. The van der Waals surface area contributed by atoms with Crippen LogP contribution in [0, 0.1) is 0 Å². The van der Waals surface area contributed by atoms with Crippen molar-refractivity contribution in [1.29, 1.82) is 0 Å². The van der Waals surface area contributed by atoms with Crippen molar-refractivity contribution in [3.63, 3.8) is 0 Å². The molecule has 27 heavy (non-hydrogen) atoms. The van der Waals surface area contributed by atoms with Crippen molar-refractivity contribution in [3.05, 3.63) is 59.5 Å². The van der Waals surface area contributed by atoms with Gasteiger partial charge in [-0.15, -0.1) is 5.10 Å². The summed E-state index contributed by atoms with van der Waals surface area (Å²) in [6.45, 7) is 0.198. The number of ether oxygens (including phenoxy) is 3. The lowest BCUT2D eigenvalue weighted by molar-refractivity contribution is -0.115. The van der Waals surface area contributed by atoms with Crippen LogP contribution in [0.2, 0.25) is 0 Å². The Morgan fingerprint density at radius 2 is 1.85 bits per heavy atom. The summed E-state index contributed by atoms with van der Waals surface area (Å²) in [5, 5.41) is 10.4. The maximum absolute atomic E-state index is 12.2. The zero-order valence-electron chi connectivity index (χ0n) is 14.6. The largest absolute Gasteiger partial charge is 0.497 e. The fourth-order valence-corrected chi connectivity index (χ4v) is 2.69. The van der Waals surface area contributed by atoms with Crippen LogP contribution in [-0.2, 0) is 17.6 Å². The van der Waals surface area contributed by atoms with Crippen LogP contribution in [0.5, 0.6) is 17.2 Å². The average molecular weight is 367 g/mol. The number of carbonyl (C=O) groups excluding carboxylic acids is 1. The highest BCUT2D eigenvalue weighted by atomic mass is 16.7. The Morgan fingerprint density at radius 3 is 2.67 bits per heavy atom. The van der Waals surface area contributed by atoms with Gasteiger partial charge in [-0.25, -0.2) is 0 Å². The standard InChI is InChI=1S/C19H17N3O5/c1-24-14-5-2-12(3-6-14)10-18-21-22-19(27-18)20-17(23)9-13-4-7-15-16(8-13)26-11-25-15/h2-8H,9-11H2,1H3,(H,20,22,23). The summed E-state index contributed by atoms with van der Waals surface area (Å²) in [6, 6.07) is 13.0. The first kappa shape index (κ1) is 16.9. The SMILES string of the molecule is COc1ccc(Cc2nnc(NC(=O)Cc3ccc4c(c3)OCO4)o2)cc1. The second kappa shape index (κ2) is 7.36. The van der Waals surface area contributed by atoms with Gasteiger partial charge in [0.15, 0.2) is 11.5 Å². The molecule has 1 aliphatic heterocycles. The average Bonchev–Trinajstić information content (AvgIpc) is 3.31. The van der Waals surface area contributed by atoms with Crippen LogP contribution in [0.4, 0.5) is 6.01 Å². The highest BCUT2D eigenvalue weighted by Crippen LogP contribution is 2.32. The molecular weight excluding hydrogens is 350 g/mol. The Balaban J connectivity index is 1.35. The van der Waals surface area contributed by atoms with Gasteiger partial charge in [0.05, 0.1) is 20.0 Å². The molecule has 1 amide bonds. The van der Waals surface area contributed by atoms with E-state index in [-0.39, 0.29) is 25.1 Å². The second-order valence-corrected chi connectivity index (χ2v) is 5.94. The Labute approximate surface area is 155 Å². The molecule has 8 heteroatoms. The third-order valence-electron chi connectivity index (χ3n) is 4.03. The number of aromatic nitrogens is 2. The van der Waals surface area contributed by atoms with Gasteiger partial charge < -0.3 is 18.6 Å². The molecule has 0 radical (unpaired) electrons. The molecule has 4 rings (SSSR count). The quantitative estimate of drug-likeness (QED) is 0.715. The summed E-state index contributed by atoms with van der Waals surface area (Å²) in [4.78, 5) is 12.2. The molecule has 0 fully saturated rings. The Kier molecular flexibility index (Phi) is 4.61. The predicted octanol–water partition coefficient (Wildman–Crippen LogP) is 2.58. The summed E-state index contributed by atoms with van der Waals surface area (Å²) in [6.07, 6.45) is 0.627. The number of amides is 1. The molecule has 1 N–H and O–H groups in total. The van der Waals surface area contributed by atoms with Crippen molar-refractivity contribution in [2.24, 2.45) is 0 Å². The number of rotatable bonds is 6. The first-order valence-corrected chi connectivity index (χ1v) is 8.33. The normalized spacial score (nSPS) is 12.0. The van der Waals surface area contributed by atoms with E-state index < -0.39 is 0 Å². The van der Waals surface area contributed by atoms with Gasteiger partial charge in [0.1, 0.15) is 5.75 Å². The highest BCUT2D eigenvalue weighted by Gasteiger charge is 2.16. The Morgan fingerprint density at radius 1 is 1.07 bits per heavy atom. The van der Waals surface area contributed by atoms with Gasteiger partial charge in [-0.1, -0.05) is 23.3 Å². The molecule has 0 spiro atoms. The number of anilines is 1. The molecule has 0 saturated heterocycles. The molecule has 0 aliphatic carbocycles. The molecule has 0 atom stereocenters. The van der Waals surface area contributed by atoms with Crippen LogP contribution >= 0.6 is 0 Å². The van der Waals surface area contributed by atoms with Crippen molar-refractivity contribution in [2.75, 3.05) is 19.2 Å². The second-order valence-electron chi connectivity index (χ2n) is 5.94. The molecule has 0 bridgehead atoms. The molecular formula is C19H17N3O5. The fourth-order valence-electron chi connectivity index (χ4n) is 2.69. The van der Waals surface area contributed by atoms with Crippen molar-refractivity contribution < 1.29 is 23.4 Å². The summed E-state index contributed by atoms with van der Waals surface area (Å²) in [5.74, 6) is 2.26.